The maximum Gasteiger partial charge on any atom is 0.149 e. The summed E-state index contributed by atoms with van der Waals surface area (Å²) in [5.74, 6) is 0. The Balaban J connectivity index is 2.34. The van der Waals surface area contributed by atoms with Gasteiger partial charge in [0, 0.05) is 10.6 Å². The quantitative estimate of drug-likeness (QED) is 0.920. The highest BCUT2D eigenvalue weighted by atomic mass is 35.5. The molecule has 0 aliphatic heterocycles. The van der Waals surface area contributed by atoms with Crippen LogP contribution in [0.5, 0.6) is 0 Å². The summed E-state index contributed by atoms with van der Waals surface area (Å²) in [4.78, 5) is 0. The number of nitrogens with zero attached hydrogens (tertiary/aromatic N) is 2. The van der Waals surface area contributed by atoms with Crippen LogP contribution in [0.2, 0.25) is 10.0 Å². The topological polar surface area (TPSA) is 37.8 Å². The molecule has 0 aliphatic rings. The maximum atomic E-state index is 6.16. The van der Waals surface area contributed by atoms with Crippen molar-refractivity contribution in [3.8, 4) is 10.6 Å². The largest absolute Gasteiger partial charge is 0.311 e. The van der Waals surface area contributed by atoms with Gasteiger partial charge in [0.1, 0.15) is 10.0 Å². The van der Waals surface area contributed by atoms with Crippen LogP contribution in [-0.4, -0.2) is 17.2 Å². The van der Waals surface area contributed by atoms with Gasteiger partial charge < -0.3 is 5.32 Å². The average molecular weight is 302 g/mol. The van der Waals surface area contributed by atoms with Crippen LogP contribution in [0.15, 0.2) is 18.2 Å². The fraction of sp³-hybridized carbons (Fsp3) is 0.333. The van der Waals surface area contributed by atoms with E-state index < -0.39 is 0 Å². The molecule has 0 spiro atoms. The lowest BCUT2D eigenvalue weighted by Gasteiger charge is -2.08. The number of hydrogen-bond donors (Lipinski definition) is 1. The van der Waals surface area contributed by atoms with Crippen molar-refractivity contribution < 1.29 is 0 Å². The van der Waals surface area contributed by atoms with Gasteiger partial charge in [-0.3, -0.25) is 0 Å². The summed E-state index contributed by atoms with van der Waals surface area (Å²) in [7, 11) is 1.92. The van der Waals surface area contributed by atoms with Gasteiger partial charge in [-0.1, -0.05) is 41.5 Å². The minimum atomic E-state index is 0.238. The number of nitrogens with one attached hydrogen (secondary N) is 1. The van der Waals surface area contributed by atoms with E-state index in [4.69, 9.17) is 23.2 Å². The molecule has 1 heterocycles. The van der Waals surface area contributed by atoms with E-state index in [1.165, 1.54) is 0 Å². The summed E-state index contributed by atoms with van der Waals surface area (Å²) in [6, 6.07) is 5.63. The molecule has 18 heavy (non-hydrogen) atoms. The minimum absolute atomic E-state index is 0.238. The van der Waals surface area contributed by atoms with E-state index in [1.54, 1.807) is 23.5 Å². The third-order valence-electron chi connectivity index (χ3n) is 2.66. The van der Waals surface area contributed by atoms with E-state index in [0.717, 1.165) is 22.0 Å². The molecule has 1 N–H and O–H groups in total. The van der Waals surface area contributed by atoms with Crippen LogP contribution < -0.4 is 5.32 Å². The van der Waals surface area contributed by atoms with Gasteiger partial charge in [-0.2, -0.15) is 0 Å². The molecule has 1 atom stereocenters. The van der Waals surface area contributed by atoms with Gasteiger partial charge in [-0.15, -0.1) is 10.2 Å². The average Bonchev–Trinajstić information content (AvgIpc) is 2.80. The summed E-state index contributed by atoms with van der Waals surface area (Å²) >= 11 is 13.6. The second-order valence-electron chi connectivity index (χ2n) is 3.82. The Labute approximate surface area is 120 Å². The predicted molar refractivity (Wildman–Crippen MR) is 77.5 cm³/mol. The van der Waals surface area contributed by atoms with Gasteiger partial charge in [0.15, 0.2) is 0 Å². The molecule has 0 fully saturated rings. The van der Waals surface area contributed by atoms with Gasteiger partial charge in [0.2, 0.25) is 0 Å². The second-order valence-corrected chi connectivity index (χ2v) is 5.67. The van der Waals surface area contributed by atoms with Crippen molar-refractivity contribution in [2.24, 2.45) is 0 Å². The van der Waals surface area contributed by atoms with Crippen molar-refractivity contribution in [2.45, 2.75) is 19.4 Å². The van der Waals surface area contributed by atoms with E-state index in [0.29, 0.717) is 10.0 Å². The monoisotopic (exact) mass is 301 g/mol. The molecule has 2 aromatic rings. The highest BCUT2D eigenvalue weighted by molar-refractivity contribution is 7.14. The van der Waals surface area contributed by atoms with Crippen LogP contribution in [0.3, 0.4) is 0 Å². The number of halogens is 2. The summed E-state index contributed by atoms with van der Waals surface area (Å²) < 4.78 is 0. The number of aromatic nitrogens is 2. The molecule has 1 unspecified atom stereocenters. The number of hydrogen-bond acceptors (Lipinski definition) is 4. The Morgan fingerprint density at radius 1 is 1.33 bits per heavy atom. The smallest absolute Gasteiger partial charge is 0.149 e. The zero-order valence-corrected chi connectivity index (χ0v) is 12.4. The predicted octanol–water partition coefficient (Wildman–Crippen LogP) is 4.18. The van der Waals surface area contributed by atoms with Crippen molar-refractivity contribution in [1.29, 1.82) is 0 Å². The number of rotatable bonds is 4. The lowest BCUT2D eigenvalue weighted by molar-refractivity contribution is 0.568. The van der Waals surface area contributed by atoms with Crippen LogP contribution in [0.1, 0.15) is 24.4 Å². The van der Waals surface area contributed by atoms with Crippen LogP contribution in [0, 0.1) is 0 Å². The summed E-state index contributed by atoms with van der Waals surface area (Å²) in [5, 5.41) is 14.6. The third-order valence-corrected chi connectivity index (χ3v) is 4.27. The Bertz CT molecular complexity index is 538. The summed E-state index contributed by atoms with van der Waals surface area (Å²) in [6.07, 6.45) is 0.972. The molecule has 0 amide bonds. The van der Waals surface area contributed by atoms with E-state index in [1.807, 2.05) is 13.1 Å². The molecular weight excluding hydrogens is 289 g/mol. The fourth-order valence-electron chi connectivity index (χ4n) is 1.65. The first-order valence-corrected chi connectivity index (χ1v) is 7.19. The van der Waals surface area contributed by atoms with Gasteiger partial charge >= 0.3 is 0 Å². The maximum absolute atomic E-state index is 6.16. The Kier molecular flexibility index (Phi) is 4.56. The molecular formula is C12H13Cl2N3S. The van der Waals surface area contributed by atoms with E-state index in [2.05, 4.69) is 22.4 Å². The first-order valence-electron chi connectivity index (χ1n) is 5.61. The van der Waals surface area contributed by atoms with E-state index in [9.17, 15) is 0 Å². The van der Waals surface area contributed by atoms with Crippen LogP contribution in [-0.2, 0) is 0 Å². The van der Waals surface area contributed by atoms with Crippen LogP contribution >= 0.6 is 34.5 Å². The number of benzene rings is 1. The van der Waals surface area contributed by atoms with Gasteiger partial charge in [-0.25, -0.2) is 0 Å². The molecule has 1 aromatic carbocycles. The molecule has 96 valence electrons. The molecule has 0 bridgehead atoms. The molecule has 0 saturated heterocycles. The van der Waals surface area contributed by atoms with Gasteiger partial charge in [0.25, 0.3) is 0 Å². The Morgan fingerprint density at radius 2 is 2.11 bits per heavy atom. The highest BCUT2D eigenvalue weighted by Crippen LogP contribution is 2.33. The first-order chi connectivity index (χ1) is 8.65. The SMILES string of the molecule is CCC(NC)c1nnc(-c2ccc(Cl)cc2Cl)s1. The zero-order chi connectivity index (χ0) is 13.1. The molecule has 0 radical (unpaired) electrons. The third kappa shape index (κ3) is 2.83. The Morgan fingerprint density at radius 3 is 2.72 bits per heavy atom. The first kappa shape index (κ1) is 13.7. The molecule has 0 saturated carbocycles. The lowest BCUT2D eigenvalue weighted by atomic mass is 10.2. The van der Waals surface area contributed by atoms with Gasteiger partial charge in [0.05, 0.1) is 11.1 Å². The van der Waals surface area contributed by atoms with Crippen molar-refractivity contribution in [2.75, 3.05) is 7.05 Å². The summed E-state index contributed by atoms with van der Waals surface area (Å²) in [5.41, 5.74) is 0.871. The van der Waals surface area contributed by atoms with Crippen molar-refractivity contribution in [1.82, 2.24) is 15.5 Å². The van der Waals surface area contributed by atoms with E-state index in [-0.39, 0.29) is 6.04 Å². The van der Waals surface area contributed by atoms with Crippen molar-refractivity contribution in [3.05, 3.63) is 33.3 Å². The second kappa shape index (κ2) is 5.97. The standard InChI is InChI=1S/C12H13Cl2N3S/c1-3-10(15-2)12-17-16-11(18-12)8-5-4-7(13)6-9(8)14/h4-6,10,15H,3H2,1-2H3. The normalized spacial score (nSPS) is 12.7. The minimum Gasteiger partial charge on any atom is -0.311 e. The van der Waals surface area contributed by atoms with Crippen LogP contribution in [0.25, 0.3) is 10.6 Å². The molecule has 0 aliphatic carbocycles. The molecule has 3 nitrogen and oxygen atoms in total. The fourth-order valence-corrected chi connectivity index (χ4v) is 3.28. The zero-order valence-electron chi connectivity index (χ0n) is 10.1. The van der Waals surface area contributed by atoms with Gasteiger partial charge in [-0.05, 0) is 31.7 Å². The van der Waals surface area contributed by atoms with E-state index >= 15 is 0 Å². The molecule has 1 aromatic heterocycles. The molecule has 2 rings (SSSR count). The highest BCUT2D eigenvalue weighted by Gasteiger charge is 2.15. The lowest BCUT2D eigenvalue weighted by Crippen LogP contribution is -2.14. The van der Waals surface area contributed by atoms with Crippen LogP contribution in [0.4, 0.5) is 0 Å². The Hall–Kier alpha value is -0.680. The van der Waals surface area contributed by atoms with Crippen molar-refractivity contribution in [3.63, 3.8) is 0 Å². The molecule has 6 heteroatoms. The van der Waals surface area contributed by atoms with Crippen molar-refractivity contribution >= 4 is 34.5 Å². The summed E-state index contributed by atoms with van der Waals surface area (Å²) in [6.45, 7) is 2.11.